The lowest BCUT2D eigenvalue weighted by Crippen LogP contribution is -2.10. The Morgan fingerprint density at radius 1 is 0.341 bits per heavy atom. The molecule has 0 N–H and O–H groups in total. The molecular formula is C41H74. The second-order valence-corrected chi connectivity index (χ2v) is 11.9. The minimum absolute atomic E-state index is 0. The summed E-state index contributed by atoms with van der Waals surface area (Å²) in [5.74, 6) is 0. The van der Waals surface area contributed by atoms with Gasteiger partial charge < -0.3 is 0 Å². The maximum absolute atomic E-state index is 2.25. The summed E-state index contributed by atoms with van der Waals surface area (Å²) in [6.45, 7) is 40.3. The Hall–Kier alpha value is -2.34. The number of benzene rings is 3. The van der Waals surface area contributed by atoms with Crippen molar-refractivity contribution in [3.63, 3.8) is 0 Å². The van der Waals surface area contributed by atoms with Gasteiger partial charge in [-0.15, -0.1) is 0 Å². The molecule has 0 aliphatic rings. The molecule has 3 aromatic rings. The van der Waals surface area contributed by atoms with Crippen LogP contribution in [0.5, 0.6) is 0 Å². The van der Waals surface area contributed by atoms with E-state index < -0.39 is 0 Å². The molecule has 238 valence electrons. The van der Waals surface area contributed by atoms with E-state index in [1.54, 1.807) is 0 Å². The molecule has 3 rings (SSSR count). The Kier molecular flexibility index (Phi) is 31.3. The van der Waals surface area contributed by atoms with Crippen LogP contribution in [-0.4, -0.2) is 0 Å². The Balaban J connectivity index is -0.000000139. The normalized spacial score (nSPS) is 9.63. The Bertz CT molecular complexity index is 909. The van der Waals surface area contributed by atoms with Crippen molar-refractivity contribution < 1.29 is 0 Å². The molecule has 0 unspecified atom stereocenters. The van der Waals surface area contributed by atoms with Gasteiger partial charge in [-0.25, -0.2) is 0 Å². The summed E-state index contributed by atoms with van der Waals surface area (Å²) < 4.78 is 0. The lowest BCUT2D eigenvalue weighted by atomic mass is 9.86. The highest BCUT2D eigenvalue weighted by atomic mass is 14.2. The molecule has 0 aromatic heterocycles. The van der Waals surface area contributed by atoms with E-state index in [-0.39, 0.29) is 18.3 Å². The van der Waals surface area contributed by atoms with Crippen molar-refractivity contribution in [2.24, 2.45) is 0 Å². The molecule has 0 fully saturated rings. The molecule has 0 aliphatic carbocycles. The van der Waals surface area contributed by atoms with Crippen molar-refractivity contribution in [3.8, 4) is 0 Å². The van der Waals surface area contributed by atoms with Gasteiger partial charge in [-0.2, -0.15) is 0 Å². The summed E-state index contributed by atoms with van der Waals surface area (Å²) in [4.78, 5) is 0. The number of rotatable bonds is 0. The molecule has 0 nitrogen and oxygen atoms in total. The second-order valence-electron chi connectivity index (χ2n) is 11.9. The smallest absolute Gasteiger partial charge is 0.0132 e. The second kappa shape index (κ2) is 26.6. The minimum atomic E-state index is 0. The summed E-state index contributed by atoms with van der Waals surface area (Å²) in [6.07, 6.45) is 0. The average molecular weight is 567 g/mol. The van der Waals surface area contributed by atoms with Gasteiger partial charge in [0.1, 0.15) is 0 Å². The summed E-state index contributed by atoms with van der Waals surface area (Å²) >= 11 is 0. The van der Waals surface area contributed by atoms with Gasteiger partial charge in [0, 0.05) is 0 Å². The SMILES string of the molecule is C.CC.CC.CC.CC.CC(C)(C)c1ccccc1.Cc1ccc(C(C)(C)C)cc1.Cc1cccc(C(C)(C)C)c1. The van der Waals surface area contributed by atoms with Crippen LogP contribution < -0.4 is 0 Å². The van der Waals surface area contributed by atoms with E-state index in [0.29, 0.717) is 5.41 Å². The van der Waals surface area contributed by atoms with Gasteiger partial charge in [-0.3, -0.25) is 0 Å². The summed E-state index contributed by atoms with van der Waals surface area (Å²) in [5, 5.41) is 0. The highest BCUT2D eigenvalue weighted by Crippen LogP contribution is 2.23. The molecule has 0 spiro atoms. The van der Waals surface area contributed by atoms with Crippen molar-refractivity contribution in [1.29, 1.82) is 0 Å². The third-order valence-corrected chi connectivity index (χ3v) is 5.44. The van der Waals surface area contributed by atoms with Crippen molar-refractivity contribution in [2.45, 2.75) is 155 Å². The zero-order chi connectivity index (χ0) is 32.6. The van der Waals surface area contributed by atoms with Crippen LogP contribution in [0.25, 0.3) is 0 Å². The molecule has 0 amide bonds. The van der Waals surface area contributed by atoms with Crippen LogP contribution in [0.2, 0.25) is 0 Å². The third kappa shape index (κ3) is 25.1. The summed E-state index contributed by atoms with van der Waals surface area (Å²) in [6, 6.07) is 28.0. The van der Waals surface area contributed by atoms with Crippen molar-refractivity contribution >= 4 is 0 Å². The largest absolute Gasteiger partial charge is 0.0776 e. The van der Waals surface area contributed by atoms with Crippen LogP contribution in [0.4, 0.5) is 0 Å². The van der Waals surface area contributed by atoms with E-state index in [1.807, 2.05) is 55.4 Å². The predicted molar refractivity (Wildman–Crippen MR) is 197 cm³/mol. The van der Waals surface area contributed by atoms with Crippen LogP contribution in [0.1, 0.15) is 153 Å². The Morgan fingerprint density at radius 2 is 0.659 bits per heavy atom. The van der Waals surface area contributed by atoms with Gasteiger partial charge in [-0.05, 0) is 46.8 Å². The van der Waals surface area contributed by atoms with Crippen LogP contribution in [-0.2, 0) is 16.2 Å². The lowest BCUT2D eigenvalue weighted by molar-refractivity contribution is 0.589. The van der Waals surface area contributed by atoms with Gasteiger partial charge in [-0.1, -0.05) is 215 Å². The van der Waals surface area contributed by atoms with Crippen LogP contribution in [0.3, 0.4) is 0 Å². The molecule has 0 saturated carbocycles. The van der Waals surface area contributed by atoms with Crippen LogP contribution in [0, 0.1) is 13.8 Å². The molecule has 0 heteroatoms. The zero-order valence-corrected chi connectivity index (χ0v) is 30.5. The maximum atomic E-state index is 2.25. The average Bonchev–Trinajstić information content (AvgIpc) is 2.93. The van der Waals surface area contributed by atoms with Gasteiger partial charge in [0.05, 0.1) is 0 Å². The first-order valence-electron chi connectivity index (χ1n) is 15.8. The van der Waals surface area contributed by atoms with E-state index in [4.69, 9.17) is 0 Å². The van der Waals surface area contributed by atoms with Crippen molar-refractivity contribution in [1.82, 2.24) is 0 Å². The predicted octanol–water partition coefficient (Wildman–Crippen LogP) is 14.3. The molecule has 0 bridgehead atoms. The molecule has 0 saturated heterocycles. The number of hydrogen-bond acceptors (Lipinski definition) is 0. The third-order valence-electron chi connectivity index (χ3n) is 5.44. The van der Waals surface area contributed by atoms with Crippen LogP contribution in [0.15, 0.2) is 78.9 Å². The van der Waals surface area contributed by atoms with E-state index in [2.05, 4.69) is 155 Å². The topological polar surface area (TPSA) is 0 Å². The molecule has 3 aromatic carbocycles. The minimum Gasteiger partial charge on any atom is -0.0776 e. The van der Waals surface area contributed by atoms with Crippen molar-refractivity contribution in [3.05, 3.63) is 107 Å². The molecule has 0 aliphatic heterocycles. The monoisotopic (exact) mass is 567 g/mol. The highest BCUT2D eigenvalue weighted by molar-refractivity contribution is 5.28. The standard InChI is InChI=1S/2C11H16.C10H14.4C2H6.CH4/c1-9-5-7-10(8-6-9)11(2,3)4;1-9-6-5-7-10(8-9)11(2,3)4;1-10(2,3)9-7-5-4-6-8-9;4*1-2;/h2*5-8H,1-4H3;4-8H,1-3H3;4*1-2H3;1H4. The molecular weight excluding hydrogens is 492 g/mol. The quantitative estimate of drug-likeness (QED) is 0.254. The van der Waals surface area contributed by atoms with E-state index in [9.17, 15) is 0 Å². The van der Waals surface area contributed by atoms with E-state index in [1.165, 1.54) is 27.8 Å². The summed E-state index contributed by atoms with van der Waals surface area (Å²) in [5.41, 5.74) is 7.76. The fraction of sp³-hybridized carbons (Fsp3) is 0.561. The fourth-order valence-electron chi connectivity index (χ4n) is 3.10. The van der Waals surface area contributed by atoms with Crippen LogP contribution >= 0.6 is 0 Å². The zero-order valence-electron chi connectivity index (χ0n) is 30.5. The fourth-order valence-corrected chi connectivity index (χ4v) is 3.10. The lowest BCUT2D eigenvalue weighted by Gasteiger charge is -2.19. The number of aryl methyl sites for hydroxylation is 2. The molecule has 0 radical (unpaired) electrons. The van der Waals surface area contributed by atoms with Gasteiger partial charge >= 0.3 is 0 Å². The van der Waals surface area contributed by atoms with Gasteiger partial charge in [0.25, 0.3) is 0 Å². The molecule has 0 atom stereocenters. The van der Waals surface area contributed by atoms with E-state index >= 15 is 0 Å². The van der Waals surface area contributed by atoms with Crippen molar-refractivity contribution in [2.75, 3.05) is 0 Å². The molecule has 0 heterocycles. The number of hydrogen-bond donors (Lipinski definition) is 0. The Morgan fingerprint density at radius 3 is 0.927 bits per heavy atom. The molecule has 41 heavy (non-hydrogen) atoms. The maximum Gasteiger partial charge on any atom is -0.0132 e. The van der Waals surface area contributed by atoms with Gasteiger partial charge in [0.2, 0.25) is 0 Å². The first-order valence-corrected chi connectivity index (χ1v) is 15.8. The first kappa shape index (κ1) is 48.4. The summed E-state index contributed by atoms with van der Waals surface area (Å²) in [7, 11) is 0. The first-order chi connectivity index (χ1) is 18.6. The Labute approximate surface area is 261 Å². The highest BCUT2D eigenvalue weighted by Gasteiger charge is 2.13. The van der Waals surface area contributed by atoms with Gasteiger partial charge in [0.15, 0.2) is 0 Å². The van der Waals surface area contributed by atoms with E-state index in [0.717, 1.165) is 0 Å².